The van der Waals surface area contributed by atoms with Gasteiger partial charge >= 0.3 is 6.18 Å². The first-order chi connectivity index (χ1) is 11.2. The first kappa shape index (κ1) is 16.5. The number of fused-ring (bicyclic) bond motifs is 1. The highest BCUT2D eigenvalue weighted by atomic mass is 35.5. The standard InChI is InChI=1S/C15H9ClF4N2O2.H2/c1-6-8(15(18,19)20)4-21-14(13(6)16)7-2-10-11(3-9(7)17)24-5-12(23)22-10;/h2-4H,5H2,1H3,(H,22,23);1H. The topological polar surface area (TPSA) is 51.2 Å². The molecular weight excluding hydrogens is 352 g/mol. The first-order valence-corrected chi connectivity index (χ1v) is 7.05. The second kappa shape index (κ2) is 5.62. The lowest BCUT2D eigenvalue weighted by Crippen LogP contribution is -2.25. The average Bonchev–Trinajstić information content (AvgIpc) is 2.49. The van der Waals surface area contributed by atoms with E-state index in [1.807, 2.05) is 0 Å². The third-order valence-corrected chi connectivity index (χ3v) is 3.99. The zero-order valence-corrected chi connectivity index (χ0v) is 12.8. The Balaban J connectivity index is 0.00000225. The number of carbonyl (C=O) groups is 1. The van der Waals surface area contributed by atoms with Gasteiger partial charge in [-0.15, -0.1) is 0 Å². The Labute approximate surface area is 139 Å². The monoisotopic (exact) mass is 362 g/mol. The van der Waals surface area contributed by atoms with E-state index in [1.54, 1.807) is 0 Å². The molecular formula is C15H11ClF4N2O2. The van der Waals surface area contributed by atoms with Gasteiger partial charge in [-0.3, -0.25) is 9.78 Å². The Bertz CT molecular complexity index is 858. The third-order valence-electron chi connectivity index (χ3n) is 3.53. The van der Waals surface area contributed by atoms with E-state index in [0.717, 1.165) is 6.07 Å². The lowest BCUT2D eigenvalue weighted by Gasteiger charge is -2.20. The smallest absolute Gasteiger partial charge is 0.418 e. The van der Waals surface area contributed by atoms with Crippen molar-refractivity contribution in [1.82, 2.24) is 4.98 Å². The Hall–Kier alpha value is -2.35. The molecule has 0 atom stereocenters. The molecule has 9 heteroatoms. The SMILES string of the molecule is Cc1c(C(F)(F)F)cnc(-c2cc3c(cc2F)OCC(=O)N3)c1Cl.[HH]. The molecule has 1 N–H and O–H groups in total. The van der Waals surface area contributed by atoms with Crippen molar-refractivity contribution >= 4 is 23.2 Å². The summed E-state index contributed by atoms with van der Waals surface area (Å²) in [6, 6.07) is 2.25. The maximum atomic E-state index is 14.3. The summed E-state index contributed by atoms with van der Waals surface area (Å²) in [6.45, 7) is 0.932. The van der Waals surface area contributed by atoms with E-state index in [2.05, 4.69) is 10.3 Å². The van der Waals surface area contributed by atoms with Gasteiger partial charge in [-0.1, -0.05) is 11.6 Å². The fraction of sp³-hybridized carbons (Fsp3) is 0.200. The summed E-state index contributed by atoms with van der Waals surface area (Å²) in [5.41, 5.74) is -1.35. The fourth-order valence-electron chi connectivity index (χ4n) is 2.34. The highest BCUT2D eigenvalue weighted by Crippen LogP contribution is 2.40. The zero-order chi connectivity index (χ0) is 17.6. The molecule has 1 aromatic carbocycles. The van der Waals surface area contributed by atoms with Gasteiger partial charge in [0.05, 0.1) is 22.0 Å². The number of nitrogens with zero attached hydrogens (tertiary/aromatic N) is 1. The van der Waals surface area contributed by atoms with Crippen LogP contribution in [-0.4, -0.2) is 17.5 Å². The molecule has 0 bridgehead atoms. The number of amides is 1. The van der Waals surface area contributed by atoms with Crippen molar-refractivity contribution in [3.8, 4) is 17.0 Å². The van der Waals surface area contributed by atoms with Gasteiger partial charge in [-0.25, -0.2) is 4.39 Å². The molecule has 0 radical (unpaired) electrons. The van der Waals surface area contributed by atoms with E-state index < -0.39 is 23.5 Å². The van der Waals surface area contributed by atoms with E-state index >= 15 is 0 Å². The van der Waals surface area contributed by atoms with Gasteiger partial charge in [-0.05, 0) is 18.6 Å². The fourth-order valence-corrected chi connectivity index (χ4v) is 2.59. The quantitative estimate of drug-likeness (QED) is 0.763. The van der Waals surface area contributed by atoms with Crippen molar-refractivity contribution in [2.24, 2.45) is 0 Å². The summed E-state index contributed by atoms with van der Waals surface area (Å²) in [6.07, 6.45) is -4.01. The van der Waals surface area contributed by atoms with E-state index in [4.69, 9.17) is 16.3 Å². The average molecular weight is 363 g/mol. The number of alkyl halides is 3. The summed E-state index contributed by atoms with van der Waals surface area (Å²) >= 11 is 5.98. The van der Waals surface area contributed by atoms with Crippen molar-refractivity contribution in [3.63, 3.8) is 0 Å². The van der Waals surface area contributed by atoms with Gasteiger partial charge in [0.15, 0.2) is 6.61 Å². The molecule has 0 saturated heterocycles. The number of halogens is 5. The number of nitrogens with one attached hydrogen (secondary N) is 1. The molecule has 128 valence electrons. The van der Waals surface area contributed by atoms with Crippen LogP contribution < -0.4 is 10.1 Å². The minimum atomic E-state index is -4.62. The van der Waals surface area contributed by atoms with E-state index in [9.17, 15) is 22.4 Å². The Morgan fingerprint density at radius 3 is 2.75 bits per heavy atom. The van der Waals surface area contributed by atoms with Crippen LogP contribution in [0.1, 0.15) is 12.6 Å². The number of hydrogen-bond donors (Lipinski definition) is 1. The summed E-state index contributed by atoms with van der Waals surface area (Å²) in [4.78, 5) is 15.0. The summed E-state index contributed by atoms with van der Waals surface area (Å²) in [5, 5.41) is 2.17. The van der Waals surface area contributed by atoms with Gasteiger partial charge in [-0.2, -0.15) is 13.2 Å². The molecule has 24 heavy (non-hydrogen) atoms. The number of carbonyl (C=O) groups excluding carboxylic acids is 1. The molecule has 0 unspecified atom stereocenters. The van der Waals surface area contributed by atoms with Crippen LogP contribution in [0.5, 0.6) is 5.75 Å². The molecule has 1 aliphatic rings. The molecule has 0 saturated carbocycles. The number of pyridine rings is 1. The van der Waals surface area contributed by atoms with Gasteiger partial charge in [0.25, 0.3) is 5.91 Å². The largest absolute Gasteiger partial charge is 0.481 e. The number of aromatic nitrogens is 1. The van der Waals surface area contributed by atoms with Crippen molar-refractivity contribution in [3.05, 3.63) is 40.3 Å². The normalized spacial score (nSPS) is 14.0. The van der Waals surface area contributed by atoms with Crippen LogP contribution in [0.25, 0.3) is 11.3 Å². The lowest BCUT2D eigenvalue weighted by atomic mass is 10.0. The van der Waals surface area contributed by atoms with Crippen LogP contribution in [0.15, 0.2) is 18.3 Å². The molecule has 0 spiro atoms. The molecule has 1 aliphatic heterocycles. The van der Waals surface area contributed by atoms with Crippen LogP contribution in [-0.2, 0) is 11.0 Å². The second-order valence-corrected chi connectivity index (χ2v) is 5.50. The van der Waals surface area contributed by atoms with E-state index in [1.165, 1.54) is 13.0 Å². The second-order valence-electron chi connectivity index (χ2n) is 5.12. The molecule has 4 nitrogen and oxygen atoms in total. The number of anilines is 1. The minimum Gasteiger partial charge on any atom is -0.481 e. The third kappa shape index (κ3) is 2.77. The van der Waals surface area contributed by atoms with Crippen LogP contribution in [0, 0.1) is 12.7 Å². The number of benzene rings is 1. The minimum absolute atomic E-state index is 0. The predicted octanol–water partition coefficient (Wildman–Crippen LogP) is 4.45. The zero-order valence-electron chi connectivity index (χ0n) is 12.1. The predicted molar refractivity (Wildman–Crippen MR) is 80.6 cm³/mol. The van der Waals surface area contributed by atoms with Crippen LogP contribution in [0.3, 0.4) is 0 Å². The Morgan fingerprint density at radius 1 is 1.38 bits per heavy atom. The van der Waals surface area contributed by atoms with E-state index in [-0.39, 0.29) is 41.3 Å². The maximum Gasteiger partial charge on any atom is 0.418 e. The Morgan fingerprint density at radius 2 is 2.08 bits per heavy atom. The van der Waals surface area contributed by atoms with Crippen LogP contribution >= 0.6 is 11.6 Å². The van der Waals surface area contributed by atoms with Crippen molar-refractivity contribution < 1.29 is 28.5 Å². The maximum absolute atomic E-state index is 14.3. The molecule has 2 heterocycles. The molecule has 2 aromatic rings. The van der Waals surface area contributed by atoms with Crippen LogP contribution in [0.2, 0.25) is 5.02 Å². The lowest BCUT2D eigenvalue weighted by molar-refractivity contribution is -0.138. The molecule has 1 amide bonds. The summed E-state index contributed by atoms with van der Waals surface area (Å²) in [7, 11) is 0. The van der Waals surface area contributed by atoms with Gasteiger partial charge < -0.3 is 10.1 Å². The highest BCUT2D eigenvalue weighted by Gasteiger charge is 2.34. The molecule has 0 fully saturated rings. The van der Waals surface area contributed by atoms with Gasteiger partial charge in [0, 0.05) is 19.3 Å². The number of ether oxygens (including phenoxy) is 1. The van der Waals surface area contributed by atoms with Gasteiger partial charge in [0.2, 0.25) is 0 Å². The number of rotatable bonds is 1. The highest BCUT2D eigenvalue weighted by molar-refractivity contribution is 6.34. The molecule has 0 aliphatic carbocycles. The Kier molecular flexibility index (Phi) is 3.87. The van der Waals surface area contributed by atoms with Crippen molar-refractivity contribution in [2.45, 2.75) is 13.1 Å². The number of hydrogen-bond acceptors (Lipinski definition) is 3. The molecule has 1 aromatic heterocycles. The summed E-state index contributed by atoms with van der Waals surface area (Å²) < 4.78 is 58.0. The van der Waals surface area contributed by atoms with Crippen molar-refractivity contribution in [2.75, 3.05) is 11.9 Å². The first-order valence-electron chi connectivity index (χ1n) is 6.67. The summed E-state index contributed by atoms with van der Waals surface area (Å²) in [5.74, 6) is -1.09. The van der Waals surface area contributed by atoms with Crippen molar-refractivity contribution in [1.29, 1.82) is 0 Å². The molecule has 3 rings (SSSR count). The van der Waals surface area contributed by atoms with Crippen LogP contribution in [0.4, 0.5) is 23.2 Å². The van der Waals surface area contributed by atoms with E-state index in [0.29, 0.717) is 6.20 Å². The van der Waals surface area contributed by atoms with Gasteiger partial charge in [0.1, 0.15) is 11.6 Å².